The quantitative estimate of drug-likeness (QED) is 0.543. The summed E-state index contributed by atoms with van der Waals surface area (Å²) < 4.78 is 10.9. The van der Waals surface area contributed by atoms with Crippen LogP contribution in [0, 0.1) is 0 Å². The van der Waals surface area contributed by atoms with Gasteiger partial charge >= 0.3 is 0 Å². The zero-order chi connectivity index (χ0) is 14.9. The van der Waals surface area contributed by atoms with Crippen LogP contribution in [-0.2, 0) is 4.74 Å². The van der Waals surface area contributed by atoms with E-state index in [1.807, 2.05) is 55.5 Å². The molecule has 0 unspecified atom stereocenters. The Kier molecular flexibility index (Phi) is 5.98. The summed E-state index contributed by atoms with van der Waals surface area (Å²) in [4.78, 5) is 11.2. The lowest BCUT2D eigenvalue weighted by molar-refractivity contribution is 0.111. The van der Waals surface area contributed by atoms with Crippen molar-refractivity contribution < 1.29 is 14.3 Å². The summed E-state index contributed by atoms with van der Waals surface area (Å²) in [5, 5.41) is 0. The molecule has 0 N–H and O–H groups in total. The van der Waals surface area contributed by atoms with E-state index >= 15 is 0 Å². The van der Waals surface area contributed by atoms with Gasteiger partial charge < -0.3 is 9.47 Å². The van der Waals surface area contributed by atoms with Crippen LogP contribution < -0.4 is 4.74 Å². The molecule has 2 rings (SSSR count). The number of hydrogen-bond acceptors (Lipinski definition) is 3. The first-order valence-corrected chi connectivity index (χ1v) is 7.20. The second-order valence-electron chi connectivity index (χ2n) is 4.64. The minimum absolute atomic E-state index is 0.547. The Hall–Kier alpha value is -2.13. The second kappa shape index (κ2) is 8.22. The fourth-order valence-electron chi connectivity index (χ4n) is 2.07. The normalized spacial score (nSPS) is 10.3. The summed E-state index contributed by atoms with van der Waals surface area (Å²) >= 11 is 0. The summed E-state index contributed by atoms with van der Waals surface area (Å²) in [6, 6.07) is 15.7. The molecule has 0 aliphatic rings. The van der Waals surface area contributed by atoms with Crippen molar-refractivity contribution in [3.8, 4) is 16.9 Å². The first-order chi connectivity index (χ1) is 10.3. The average Bonchev–Trinajstić information content (AvgIpc) is 2.55. The molecule has 0 heterocycles. The van der Waals surface area contributed by atoms with Gasteiger partial charge in [0.25, 0.3) is 0 Å². The maximum atomic E-state index is 11.2. The van der Waals surface area contributed by atoms with Gasteiger partial charge in [-0.15, -0.1) is 0 Å². The van der Waals surface area contributed by atoms with Gasteiger partial charge in [-0.3, -0.25) is 4.79 Å². The standard InChI is InChI=1S/C18H20O3/c1-2-20-11-6-12-21-18-10-9-16(13-17(18)14-19)15-7-4-3-5-8-15/h3-5,7-10,13-14H,2,6,11-12H2,1H3. The van der Waals surface area contributed by atoms with Gasteiger partial charge in [-0.1, -0.05) is 36.4 Å². The largest absolute Gasteiger partial charge is 0.493 e. The van der Waals surface area contributed by atoms with E-state index in [-0.39, 0.29) is 0 Å². The van der Waals surface area contributed by atoms with Gasteiger partial charge in [0.15, 0.2) is 6.29 Å². The highest BCUT2D eigenvalue weighted by atomic mass is 16.5. The van der Waals surface area contributed by atoms with Crippen LogP contribution in [0.3, 0.4) is 0 Å². The van der Waals surface area contributed by atoms with Crippen molar-refractivity contribution in [2.45, 2.75) is 13.3 Å². The van der Waals surface area contributed by atoms with Gasteiger partial charge in [0.1, 0.15) is 5.75 Å². The zero-order valence-corrected chi connectivity index (χ0v) is 12.2. The number of aldehydes is 1. The molecule has 0 saturated heterocycles. The first kappa shape index (κ1) is 15.3. The molecule has 0 saturated carbocycles. The minimum atomic E-state index is 0.547. The Labute approximate surface area is 125 Å². The Morgan fingerprint density at radius 3 is 2.52 bits per heavy atom. The highest BCUT2D eigenvalue weighted by Gasteiger charge is 2.06. The Morgan fingerprint density at radius 2 is 1.81 bits per heavy atom. The van der Waals surface area contributed by atoms with Crippen molar-refractivity contribution in [1.29, 1.82) is 0 Å². The van der Waals surface area contributed by atoms with Crippen molar-refractivity contribution >= 4 is 6.29 Å². The number of carbonyl (C=O) groups excluding carboxylic acids is 1. The molecular formula is C18H20O3. The third-order valence-electron chi connectivity index (χ3n) is 3.14. The van der Waals surface area contributed by atoms with Gasteiger partial charge in [-0.05, 0) is 30.2 Å². The number of carbonyl (C=O) groups is 1. The summed E-state index contributed by atoms with van der Waals surface area (Å²) in [5.41, 5.74) is 2.68. The molecule has 21 heavy (non-hydrogen) atoms. The van der Waals surface area contributed by atoms with Gasteiger partial charge in [0.05, 0.1) is 12.2 Å². The molecular weight excluding hydrogens is 264 g/mol. The third-order valence-corrected chi connectivity index (χ3v) is 3.14. The smallest absolute Gasteiger partial charge is 0.153 e. The van der Waals surface area contributed by atoms with Crippen LogP contribution in [0.1, 0.15) is 23.7 Å². The third kappa shape index (κ3) is 4.43. The molecule has 0 atom stereocenters. The van der Waals surface area contributed by atoms with Crippen molar-refractivity contribution in [2.24, 2.45) is 0 Å². The van der Waals surface area contributed by atoms with Crippen LogP contribution in [0.4, 0.5) is 0 Å². The van der Waals surface area contributed by atoms with Gasteiger partial charge in [0.2, 0.25) is 0 Å². The Bertz CT molecular complexity index is 564. The molecule has 0 aromatic heterocycles. The van der Waals surface area contributed by atoms with E-state index in [4.69, 9.17) is 9.47 Å². The van der Waals surface area contributed by atoms with E-state index in [1.54, 1.807) is 0 Å². The van der Waals surface area contributed by atoms with Crippen molar-refractivity contribution in [3.63, 3.8) is 0 Å². The summed E-state index contributed by atoms with van der Waals surface area (Å²) in [7, 11) is 0. The maximum absolute atomic E-state index is 11.2. The average molecular weight is 284 g/mol. The predicted molar refractivity (Wildman–Crippen MR) is 83.9 cm³/mol. The van der Waals surface area contributed by atoms with Crippen molar-refractivity contribution in [1.82, 2.24) is 0 Å². The monoisotopic (exact) mass is 284 g/mol. The first-order valence-electron chi connectivity index (χ1n) is 7.20. The van der Waals surface area contributed by atoms with E-state index in [9.17, 15) is 4.79 Å². The molecule has 2 aromatic carbocycles. The van der Waals surface area contributed by atoms with E-state index in [0.29, 0.717) is 31.1 Å². The van der Waals surface area contributed by atoms with Crippen LogP contribution >= 0.6 is 0 Å². The van der Waals surface area contributed by atoms with E-state index in [2.05, 4.69) is 0 Å². The Morgan fingerprint density at radius 1 is 1.00 bits per heavy atom. The van der Waals surface area contributed by atoms with Crippen molar-refractivity contribution in [3.05, 3.63) is 54.1 Å². The molecule has 0 amide bonds. The highest BCUT2D eigenvalue weighted by Crippen LogP contribution is 2.25. The predicted octanol–water partition coefficient (Wildman–Crippen LogP) is 3.97. The number of hydrogen-bond donors (Lipinski definition) is 0. The molecule has 0 aliphatic carbocycles. The molecule has 0 aliphatic heterocycles. The van der Waals surface area contributed by atoms with Gasteiger partial charge in [-0.25, -0.2) is 0 Å². The maximum Gasteiger partial charge on any atom is 0.153 e. The minimum Gasteiger partial charge on any atom is -0.493 e. The van der Waals surface area contributed by atoms with Crippen LogP contribution in [0.25, 0.3) is 11.1 Å². The second-order valence-corrected chi connectivity index (χ2v) is 4.64. The molecule has 0 radical (unpaired) electrons. The molecule has 2 aromatic rings. The van der Waals surface area contributed by atoms with Crippen LogP contribution in [0.5, 0.6) is 5.75 Å². The SMILES string of the molecule is CCOCCCOc1ccc(-c2ccccc2)cc1C=O. The Balaban J connectivity index is 2.05. The lowest BCUT2D eigenvalue weighted by Crippen LogP contribution is -2.04. The van der Waals surface area contributed by atoms with Crippen LogP contribution in [0.2, 0.25) is 0 Å². The van der Waals surface area contributed by atoms with E-state index in [1.165, 1.54) is 0 Å². The topological polar surface area (TPSA) is 35.5 Å². The number of benzene rings is 2. The van der Waals surface area contributed by atoms with Gasteiger partial charge in [0, 0.05) is 19.6 Å². The van der Waals surface area contributed by atoms with E-state index < -0.39 is 0 Å². The molecule has 110 valence electrons. The molecule has 0 spiro atoms. The van der Waals surface area contributed by atoms with Crippen molar-refractivity contribution in [2.75, 3.05) is 19.8 Å². The molecule has 3 nitrogen and oxygen atoms in total. The molecule has 0 bridgehead atoms. The van der Waals surface area contributed by atoms with E-state index in [0.717, 1.165) is 23.8 Å². The lowest BCUT2D eigenvalue weighted by atomic mass is 10.0. The fraction of sp³-hybridized carbons (Fsp3) is 0.278. The zero-order valence-electron chi connectivity index (χ0n) is 12.2. The van der Waals surface area contributed by atoms with Crippen LogP contribution in [0.15, 0.2) is 48.5 Å². The molecule has 3 heteroatoms. The number of ether oxygens (including phenoxy) is 2. The van der Waals surface area contributed by atoms with Gasteiger partial charge in [-0.2, -0.15) is 0 Å². The van der Waals surface area contributed by atoms with Crippen LogP contribution in [-0.4, -0.2) is 26.1 Å². The fourth-order valence-corrected chi connectivity index (χ4v) is 2.07. The summed E-state index contributed by atoms with van der Waals surface area (Å²) in [5.74, 6) is 0.626. The highest BCUT2D eigenvalue weighted by molar-refractivity contribution is 5.83. The summed E-state index contributed by atoms with van der Waals surface area (Å²) in [6.07, 6.45) is 1.65. The lowest BCUT2D eigenvalue weighted by Gasteiger charge is -2.10. The molecule has 0 fully saturated rings. The number of rotatable bonds is 8. The summed E-state index contributed by atoms with van der Waals surface area (Å²) in [6.45, 7) is 3.90.